The Morgan fingerprint density at radius 1 is 1.18 bits per heavy atom. The van der Waals surface area contributed by atoms with Crippen LogP contribution in [0.3, 0.4) is 0 Å². The highest BCUT2D eigenvalue weighted by Gasteiger charge is 1.98. The second kappa shape index (κ2) is 7.64. The predicted octanol–water partition coefficient (Wildman–Crippen LogP) is 3.02. The van der Waals surface area contributed by atoms with Crippen molar-refractivity contribution >= 4 is 11.6 Å². The fourth-order valence-electron chi connectivity index (χ4n) is 2.47. The number of nitrogens with two attached hydrogens (primary N) is 1. The van der Waals surface area contributed by atoms with Crippen molar-refractivity contribution in [2.24, 2.45) is 10.7 Å². The highest BCUT2D eigenvalue weighted by molar-refractivity contribution is 5.92. The van der Waals surface area contributed by atoms with Gasteiger partial charge in [-0.2, -0.15) is 0 Å². The van der Waals surface area contributed by atoms with E-state index in [1.54, 1.807) is 0 Å². The first-order valence-electron chi connectivity index (χ1n) is 7.67. The minimum Gasteiger partial charge on any atom is -0.370 e. The number of nitrogens with one attached hydrogen (secondary N) is 1. The Labute approximate surface area is 132 Å². The van der Waals surface area contributed by atoms with Crippen molar-refractivity contribution in [1.82, 2.24) is 9.55 Å². The first-order chi connectivity index (χ1) is 10.5. The molecule has 118 valence electrons. The number of aliphatic imine (C=N–C) groups is 1. The molecule has 5 heteroatoms. The summed E-state index contributed by atoms with van der Waals surface area (Å²) in [5.41, 5.74) is 9.35. The molecular formula is C17H25N5. The fraction of sp³-hybridized carbons (Fsp3) is 0.412. The summed E-state index contributed by atoms with van der Waals surface area (Å²) in [5.74, 6) is 1.53. The molecule has 0 amide bonds. The van der Waals surface area contributed by atoms with Gasteiger partial charge in [0.1, 0.15) is 5.82 Å². The van der Waals surface area contributed by atoms with Gasteiger partial charge in [0.2, 0.25) is 0 Å². The summed E-state index contributed by atoms with van der Waals surface area (Å²) in [5, 5.41) is 3.15. The summed E-state index contributed by atoms with van der Waals surface area (Å²) in [6.45, 7) is 7.88. The van der Waals surface area contributed by atoms with Crippen LogP contribution in [-0.4, -0.2) is 22.1 Å². The number of rotatable bonds is 6. The molecule has 22 heavy (non-hydrogen) atoms. The first-order valence-corrected chi connectivity index (χ1v) is 7.67. The lowest BCUT2D eigenvalue weighted by molar-refractivity contribution is 0.602. The molecule has 0 fully saturated rings. The molecule has 0 aliphatic carbocycles. The lowest BCUT2D eigenvalue weighted by atomic mass is 10.1. The zero-order valence-electron chi connectivity index (χ0n) is 13.6. The summed E-state index contributed by atoms with van der Waals surface area (Å²) in [6, 6.07) is 6.27. The number of hydrogen-bond acceptors (Lipinski definition) is 2. The molecule has 2 aromatic rings. The number of benzene rings is 1. The first kappa shape index (κ1) is 16.1. The van der Waals surface area contributed by atoms with Crippen LogP contribution in [0.15, 0.2) is 35.6 Å². The number of nitrogens with zero attached hydrogens (tertiary/aromatic N) is 3. The fourth-order valence-corrected chi connectivity index (χ4v) is 2.47. The second-order valence-electron chi connectivity index (χ2n) is 5.64. The van der Waals surface area contributed by atoms with Gasteiger partial charge in [-0.15, -0.1) is 0 Å². The van der Waals surface area contributed by atoms with Crippen LogP contribution in [0.25, 0.3) is 0 Å². The molecular weight excluding hydrogens is 274 g/mol. The van der Waals surface area contributed by atoms with Gasteiger partial charge in [-0.1, -0.05) is 6.07 Å². The van der Waals surface area contributed by atoms with E-state index < -0.39 is 0 Å². The number of imidazole rings is 1. The van der Waals surface area contributed by atoms with Crippen molar-refractivity contribution in [3.8, 4) is 0 Å². The molecule has 0 aliphatic heterocycles. The SMILES string of the molecule is Cc1cc(C)cc(NC(N)=NCCCCn2ccnc2C)c1. The Morgan fingerprint density at radius 2 is 1.91 bits per heavy atom. The van der Waals surface area contributed by atoms with E-state index in [2.05, 4.69) is 51.9 Å². The number of anilines is 1. The third-order valence-corrected chi connectivity index (χ3v) is 3.51. The van der Waals surface area contributed by atoms with E-state index in [0.29, 0.717) is 5.96 Å². The Hall–Kier alpha value is -2.30. The lowest BCUT2D eigenvalue weighted by Gasteiger charge is -2.08. The average molecular weight is 299 g/mol. The number of guanidine groups is 1. The van der Waals surface area contributed by atoms with Crippen LogP contribution in [0.4, 0.5) is 5.69 Å². The molecule has 0 aliphatic rings. The van der Waals surface area contributed by atoms with E-state index in [0.717, 1.165) is 37.4 Å². The highest BCUT2D eigenvalue weighted by Crippen LogP contribution is 2.13. The molecule has 0 radical (unpaired) electrons. The topological polar surface area (TPSA) is 68.2 Å². The van der Waals surface area contributed by atoms with Gasteiger partial charge in [-0.3, -0.25) is 4.99 Å². The minimum absolute atomic E-state index is 0.476. The molecule has 2 rings (SSSR count). The molecule has 0 atom stereocenters. The smallest absolute Gasteiger partial charge is 0.193 e. The largest absolute Gasteiger partial charge is 0.370 e. The van der Waals surface area contributed by atoms with Crippen molar-refractivity contribution in [1.29, 1.82) is 0 Å². The van der Waals surface area contributed by atoms with Gasteiger partial charge in [-0.25, -0.2) is 4.98 Å². The van der Waals surface area contributed by atoms with E-state index in [-0.39, 0.29) is 0 Å². The van der Waals surface area contributed by atoms with Crippen molar-refractivity contribution in [3.63, 3.8) is 0 Å². The second-order valence-corrected chi connectivity index (χ2v) is 5.64. The van der Waals surface area contributed by atoms with Crippen molar-refractivity contribution in [3.05, 3.63) is 47.5 Å². The monoisotopic (exact) mass is 299 g/mol. The zero-order valence-corrected chi connectivity index (χ0v) is 13.6. The van der Waals surface area contributed by atoms with Crippen LogP contribution < -0.4 is 11.1 Å². The van der Waals surface area contributed by atoms with Gasteiger partial charge in [0.05, 0.1) is 0 Å². The van der Waals surface area contributed by atoms with Gasteiger partial charge in [0.15, 0.2) is 5.96 Å². The Bertz CT molecular complexity index is 622. The van der Waals surface area contributed by atoms with Gasteiger partial charge < -0.3 is 15.6 Å². The summed E-state index contributed by atoms with van der Waals surface area (Å²) in [7, 11) is 0. The average Bonchev–Trinajstić information content (AvgIpc) is 2.82. The van der Waals surface area contributed by atoms with Gasteiger partial charge in [0.25, 0.3) is 0 Å². The molecule has 0 spiro atoms. The van der Waals surface area contributed by atoms with Crippen LogP contribution in [0.1, 0.15) is 29.8 Å². The standard InChI is InChI=1S/C17H25N5/c1-13-10-14(2)12-16(11-13)21-17(18)20-6-4-5-8-22-9-7-19-15(22)3/h7,9-12H,4-6,8H2,1-3H3,(H3,18,20,21). The third kappa shape index (κ3) is 4.91. The zero-order chi connectivity index (χ0) is 15.9. The van der Waals surface area contributed by atoms with Gasteiger partial charge in [-0.05, 0) is 56.9 Å². The van der Waals surface area contributed by atoms with Crippen LogP contribution in [0.5, 0.6) is 0 Å². The minimum atomic E-state index is 0.476. The van der Waals surface area contributed by atoms with Crippen LogP contribution in [-0.2, 0) is 6.54 Å². The van der Waals surface area contributed by atoms with E-state index in [4.69, 9.17) is 5.73 Å². The van der Waals surface area contributed by atoms with Crippen LogP contribution in [0.2, 0.25) is 0 Å². The summed E-state index contributed by atoms with van der Waals surface area (Å²) in [6.07, 6.45) is 5.91. The summed E-state index contributed by atoms with van der Waals surface area (Å²) >= 11 is 0. The maximum atomic E-state index is 5.93. The van der Waals surface area contributed by atoms with E-state index >= 15 is 0 Å². The predicted molar refractivity (Wildman–Crippen MR) is 92.2 cm³/mol. The normalized spacial score (nSPS) is 11.7. The quantitative estimate of drug-likeness (QED) is 0.489. The van der Waals surface area contributed by atoms with Crippen molar-refractivity contribution in [2.75, 3.05) is 11.9 Å². The number of aromatic nitrogens is 2. The molecule has 5 nitrogen and oxygen atoms in total. The van der Waals surface area contributed by atoms with Crippen LogP contribution >= 0.6 is 0 Å². The van der Waals surface area contributed by atoms with Crippen molar-refractivity contribution in [2.45, 2.75) is 40.2 Å². The Morgan fingerprint density at radius 3 is 2.55 bits per heavy atom. The van der Waals surface area contributed by atoms with E-state index in [1.165, 1.54) is 11.1 Å². The molecule has 0 unspecified atom stereocenters. The maximum absolute atomic E-state index is 5.93. The van der Waals surface area contributed by atoms with Gasteiger partial charge >= 0.3 is 0 Å². The molecule has 0 saturated heterocycles. The Kier molecular flexibility index (Phi) is 5.58. The summed E-state index contributed by atoms with van der Waals surface area (Å²) in [4.78, 5) is 8.59. The number of hydrogen-bond donors (Lipinski definition) is 2. The summed E-state index contributed by atoms with van der Waals surface area (Å²) < 4.78 is 2.15. The van der Waals surface area contributed by atoms with E-state index in [9.17, 15) is 0 Å². The molecule has 0 saturated carbocycles. The van der Waals surface area contributed by atoms with Crippen molar-refractivity contribution < 1.29 is 0 Å². The lowest BCUT2D eigenvalue weighted by Crippen LogP contribution is -2.23. The number of aryl methyl sites for hydroxylation is 4. The molecule has 1 aromatic carbocycles. The molecule has 1 heterocycles. The number of unbranched alkanes of at least 4 members (excludes halogenated alkanes) is 1. The highest BCUT2D eigenvalue weighted by atomic mass is 15.1. The molecule has 1 aromatic heterocycles. The Balaban J connectivity index is 1.74. The maximum Gasteiger partial charge on any atom is 0.193 e. The van der Waals surface area contributed by atoms with E-state index in [1.807, 2.05) is 19.3 Å². The third-order valence-electron chi connectivity index (χ3n) is 3.51. The molecule has 0 bridgehead atoms. The van der Waals surface area contributed by atoms with Crippen LogP contribution in [0, 0.1) is 20.8 Å². The van der Waals surface area contributed by atoms with Gasteiger partial charge in [0, 0.05) is 31.2 Å². The molecule has 3 N–H and O–H groups in total.